The van der Waals surface area contributed by atoms with Crippen molar-refractivity contribution in [3.05, 3.63) is 53.6 Å². The third-order valence-corrected chi connectivity index (χ3v) is 4.47. The van der Waals surface area contributed by atoms with Gasteiger partial charge in [-0.05, 0) is 63.6 Å². The maximum atomic E-state index is 12.4. The van der Waals surface area contributed by atoms with E-state index in [0.717, 1.165) is 30.0 Å². The van der Waals surface area contributed by atoms with E-state index in [2.05, 4.69) is 35.4 Å². The van der Waals surface area contributed by atoms with Gasteiger partial charge in [0, 0.05) is 30.2 Å². The number of benzene rings is 2. The van der Waals surface area contributed by atoms with Crippen LogP contribution in [0.15, 0.2) is 42.5 Å². The van der Waals surface area contributed by atoms with Crippen LogP contribution in [0.1, 0.15) is 36.7 Å². The van der Waals surface area contributed by atoms with Crippen molar-refractivity contribution in [2.75, 3.05) is 41.8 Å². The molecule has 0 unspecified atom stereocenters. The Labute approximate surface area is 166 Å². The second-order valence-electron chi connectivity index (χ2n) is 6.34. The average molecular weight is 383 g/mol. The van der Waals surface area contributed by atoms with Gasteiger partial charge >= 0.3 is 5.97 Å². The minimum atomic E-state index is -0.408. The number of ether oxygens (including phenoxy) is 1. The SMILES string of the molecule is CCOC(=O)c1ccccc1NCC(=O)Nc1ccc(N(CC)CC)cc1C. The van der Waals surface area contributed by atoms with Crippen molar-refractivity contribution in [2.45, 2.75) is 27.7 Å². The fraction of sp³-hybridized carbons (Fsp3) is 0.364. The Morgan fingerprint density at radius 3 is 2.36 bits per heavy atom. The number of rotatable bonds is 9. The molecule has 0 heterocycles. The number of anilines is 3. The van der Waals surface area contributed by atoms with E-state index in [9.17, 15) is 9.59 Å². The van der Waals surface area contributed by atoms with Crippen molar-refractivity contribution in [1.29, 1.82) is 0 Å². The Morgan fingerprint density at radius 2 is 1.71 bits per heavy atom. The van der Waals surface area contributed by atoms with Crippen LogP contribution >= 0.6 is 0 Å². The van der Waals surface area contributed by atoms with Crippen LogP contribution in [0, 0.1) is 6.92 Å². The molecule has 2 aromatic rings. The lowest BCUT2D eigenvalue weighted by molar-refractivity contribution is -0.114. The zero-order valence-corrected chi connectivity index (χ0v) is 17.0. The highest BCUT2D eigenvalue weighted by Gasteiger charge is 2.13. The Kier molecular flexibility index (Phi) is 7.87. The van der Waals surface area contributed by atoms with E-state index in [0.29, 0.717) is 17.9 Å². The summed E-state index contributed by atoms with van der Waals surface area (Å²) in [5, 5.41) is 5.94. The van der Waals surface area contributed by atoms with Crippen LogP contribution < -0.4 is 15.5 Å². The summed E-state index contributed by atoms with van der Waals surface area (Å²) in [6.07, 6.45) is 0. The zero-order chi connectivity index (χ0) is 20.5. The van der Waals surface area contributed by atoms with E-state index in [4.69, 9.17) is 4.74 Å². The molecule has 2 aromatic carbocycles. The first-order chi connectivity index (χ1) is 13.5. The molecular weight excluding hydrogens is 354 g/mol. The fourth-order valence-corrected chi connectivity index (χ4v) is 2.97. The van der Waals surface area contributed by atoms with Crippen LogP contribution in [0.25, 0.3) is 0 Å². The number of hydrogen-bond acceptors (Lipinski definition) is 5. The highest BCUT2D eigenvalue weighted by atomic mass is 16.5. The van der Waals surface area contributed by atoms with Gasteiger partial charge in [0.05, 0.1) is 18.7 Å². The number of nitrogens with zero attached hydrogens (tertiary/aromatic N) is 1. The van der Waals surface area contributed by atoms with Crippen LogP contribution in [0.5, 0.6) is 0 Å². The first kappa shape index (κ1) is 21.3. The van der Waals surface area contributed by atoms with E-state index in [1.54, 1.807) is 31.2 Å². The molecule has 0 saturated heterocycles. The average Bonchev–Trinajstić information content (AvgIpc) is 2.69. The third-order valence-electron chi connectivity index (χ3n) is 4.47. The molecule has 0 radical (unpaired) electrons. The van der Waals surface area contributed by atoms with E-state index < -0.39 is 5.97 Å². The summed E-state index contributed by atoms with van der Waals surface area (Å²) in [6.45, 7) is 10.2. The lowest BCUT2D eigenvalue weighted by Gasteiger charge is -2.22. The van der Waals surface area contributed by atoms with Crippen molar-refractivity contribution in [3.8, 4) is 0 Å². The summed E-state index contributed by atoms with van der Waals surface area (Å²) in [4.78, 5) is 26.6. The Morgan fingerprint density at radius 1 is 1.00 bits per heavy atom. The molecule has 0 bridgehead atoms. The number of amides is 1. The van der Waals surface area contributed by atoms with Crippen LogP contribution in [0.4, 0.5) is 17.1 Å². The van der Waals surface area contributed by atoms with E-state index in [1.165, 1.54) is 0 Å². The second kappa shape index (κ2) is 10.3. The van der Waals surface area contributed by atoms with Gasteiger partial charge in [-0.25, -0.2) is 4.79 Å². The number of carbonyl (C=O) groups excluding carboxylic acids is 2. The van der Waals surface area contributed by atoms with Crippen LogP contribution in [-0.2, 0) is 9.53 Å². The predicted octanol–water partition coefficient (Wildman–Crippen LogP) is 4.07. The topological polar surface area (TPSA) is 70.7 Å². The molecule has 0 saturated carbocycles. The van der Waals surface area contributed by atoms with Crippen LogP contribution in [0.3, 0.4) is 0 Å². The number of para-hydroxylation sites is 1. The summed E-state index contributed by atoms with van der Waals surface area (Å²) >= 11 is 0. The first-order valence-electron chi connectivity index (χ1n) is 9.65. The van der Waals surface area contributed by atoms with Crippen LogP contribution in [-0.4, -0.2) is 38.1 Å². The van der Waals surface area contributed by atoms with Crippen molar-refractivity contribution in [2.24, 2.45) is 0 Å². The number of hydrogen-bond donors (Lipinski definition) is 2. The molecule has 0 aliphatic heterocycles. The number of nitrogens with one attached hydrogen (secondary N) is 2. The monoisotopic (exact) mass is 383 g/mol. The van der Waals surface area contributed by atoms with Gasteiger partial charge in [-0.2, -0.15) is 0 Å². The highest BCUT2D eigenvalue weighted by molar-refractivity contribution is 5.98. The summed E-state index contributed by atoms with van der Waals surface area (Å²) in [5.74, 6) is -0.591. The maximum absolute atomic E-state index is 12.4. The molecule has 28 heavy (non-hydrogen) atoms. The van der Waals surface area contributed by atoms with E-state index in [1.807, 2.05) is 19.1 Å². The van der Waals surface area contributed by atoms with E-state index >= 15 is 0 Å². The summed E-state index contributed by atoms with van der Waals surface area (Å²) in [6, 6.07) is 13.0. The number of aryl methyl sites for hydroxylation is 1. The standard InChI is InChI=1S/C22H29N3O3/c1-5-25(6-2)17-12-13-19(16(4)14-17)24-21(26)15-23-20-11-9-8-10-18(20)22(27)28-7-3/h8-14,23H,5-7,15H2,1-4H3,(H,24,26). The Balaban J connectivity index is 2.01. The molecule has 0 atom stereocenters. The summed E-state index contributed by atoms with van der Waals surface area (Å²) < 4.78 is 5.05. The summed E-state index contributed by atoms with van der Waals surface area (Å²) in [5.41, 5.74) is 3.91. The predicted molar refractivity (Wildman–Crippen MR) is 114 cm³/mol. The van der Waals surface area contributed by atoms with Gasteiger partial charge in [0.25, 0.3) is 0 Å². The second-order valence-corrected chi connectivity index (χ2v) is 6.34. The molecule has 0 aliphatic rings. The van der Waals surface area contributed by atoms with Crippen LogP contribution in [0.2, 0.25) is 0 Å². The minimum absolute atomic E-state index is 0.0493. The van der Waals surface area contributed by atoms with Gasteiger partial charge in [-0.3, -0.25) is 4.79 Å². The molecule has 6 nitrogen and oxygen atoms in total. The maximum Gasteiger partial charge on any atom is 0.340 e. The molecule has 1 amide bonds. The smallest absolute Gasteiger partial charge is 0.340 e. The zero-order valence-electron chi connectivity index (χ0n) is 17.0. The third kappa shape index (κ3) is 5.49. The minimum Gasteiger partial charge on any atom is -0.462 e. The Bertz CT molecular complexity index is 816. The largest absolute Gasteiger partial charge is 0.462 e. The molecule has 2 rings (SSSR count). The van der Waals surface area contributed by atoms with Crippen molar-refractivity contribution in [1.82, 2.24) is 0 Å². The molecule has 0 fully saturated rings. The molecule has 0 aromatic heterocycles. The van der Waals surface area contributed by atoms with Gasteiger partial charge in [0.1, 0.15) is 0 Å². The molecular formula is C22H29N3O3. The fourth-order valence-electron chi connectivity index (χ4n) is 2.97. The number of esters is 1. The molecule has 0 spiro atoms. The van der Waals surface area contributed by atoms with Gasteiger partial charge in [0.15, 0.2) is 0 Å². The van der Waals surface area contributed by atoms with Gasteiger partial charge in [0.2, 0.25) is 5.91 Å². The van der Waals surface area contributed by atoms with E-state index in [-0.39, 0.29) is 12.5 Å². The molecule has 150 valence electrons. The highest BCUT2D eigenvalue weighted by Crippen LogP contribution is 2.23. The normalized spacial score (nSPS) is 10.3. The number of carbonyl (C=O) groups is 2. The molecule has 6 heteroatoms. The van der Waals surface area contributed by atoms with Crippen molar-refractivity contribution in [3.63, 3.8) is 0 Å². The quantitative estimate of drug-likeness (QED) is 0.639. The molecule has 2 N–H and O–H groups in total. The van der Waals surface area contributed by atoms with Gasteiger partial charge in [-0.15, -0.1) is 0 Å². The van der Waals surface area contributed by atoms with Gasteiger partial charge < -0.3 is 20.3 Å². The van der Waals surface area contributed by atoms with Crippen molar-refractivity contribution < 1.29 is 14.3 Å². The Hall–Kier alpha value is -3.02. The lowest BCUT2D eigenvalue weighted by Crippen LogP contribution is -2.24. The van der Waals surface area contributed by atoms with Crippen molar-refractivity contribution >= 4 is 28.9 Å². The lowest BCUT2D eigenvalue weighted by atomic mass is 10.1. The molecule has 0 aliphatic carbocycles. The first-order valence-corrected chi connectivity index (χ1v) is 9.65. The summed E-state index contributed by atoms with van der Waals surface area (Å²) in [7, 11) is 0. The van der Waals surface area contributed by atoms with Gasteiger partial charge in [-0.1, -0.05) is 12.1 Å².